The highest BCUT2D eigenvalue weighted by Crippen LogP contribution is 2.26. The van der Waals surface area contributed by atoms with Crippen LogP contribution in [-0.2, 0) is 6.61 Å². The lowest BCUT2D eigenvalue weighted by Crippen LogP contribution is -2.18. The summed E-state index contributed by atoms with van der Waals surface area (Å²) in [6.45, 7) is 2.42. The van der Waals surface area contributed by atoms with E-state index in [-0.39, 0.29) is 12.4 Å². The second-order valence-electron chi connectivity index (χ2n) is 6.38. The minimum Gasteiger partial charge on any atom is -0.504 e. The summed E-state index contributed by atoms with van der Waals surface area (Å²) in [5.74, 6) is 0.342. The molecule has 0 saturated carbocycles. The van der Waals surface area contributed by atoms with E-state index < -0.39 is 5.91 Å². The van der Waals surface area contributed by atoms with E-state index in [1.807, 2.05) is 6.92 Å². The molecular weight excluding hydrogens is 439 g/mol. The van der Waals surface area contributed by atoms with Crippen LogP contribution in [0.5, 0.6) is 17.2 Å². The molecule has 160 valence electrons. The number of phenolic OH excluding ortho intramolecular Hbond substituents is 1. The summed E-state index contributed by atoms with van der Waals surface area (Å²) in [5, 5.41) is 14.8. The normalized spacial score (nSPS) is 10.8. The maximum absolute atomic E-state index is 12.6. The van der Waals surface area contributed by atoms with Gasteiger partial charge in [0.15, 0.2) is 11.5 Å². The van der Waals surface area contributed by atoms with Crippen LogP contribution >= 0.6 is 23.2 Å². The molecule has 0 unspecified atom stereocenters. The molecule has 8 heteroatoms. The minimum atomic E-state index is -0.433. The molecule has 1 amide bonds. The Morgan fingerprint density at radius 1 is 1.06 bits per heavy atom. The molecule has 0 heterocycles. The Morgan fingerprint density at radius 3 is 2.65 bits per heavy atom. The van der Waals surface area contributed by atoms with Crippen molar-refractivity contribution in [2.45, 2.75) is 13.5 Å². The zero-order valence-electron chi connectivity index (χ0n) is 16.6. The highest BCUT2D eigenvalue weighted by molar-refractivity contribution is 6.35. The van der Waals surface area contributed by atoms with Crippen molar-refractivity contribution < 1.29 is 19.4 Å². The first-order valence-corrected chi connectivity index (χ1v) is 10.2. The Hall–Kier alpha value is -3.22. The van der Waals surface area contributed by atoms with E-state index in [1.54, 1.807) is 54.6 Å². The van der Waals surface area contributed by atoms with Crippen LogP contribution in [0.15, 0.2) is 65.8 Å². The van der Waals surface area contributed by atoms with E-state index in [0.717, 1.165) is 5.56 Å². The van der Waals surface area contributed by atoms with Crippen LogP contribution in [0.3, 0.4) is 0 Å². The molecular formula is C23H20Cl2N2O4. The fourth-order valence-electron chi connectivity index (χ4n) is 2.68. The number of carbonyl (C=O) groups is 1. The molecule has 3 rings (SSSR count). The summed E-state index contributed by atoms with van der Waals surface area (Å²) < 4.78 is 11.1. The number of halogens is 2. The van der Waals surface area contributed by atoms with Crippen LogP contribution in [0.1, 0.15) is 28.4 Å². The van der Waals surface area contributed by atoms with Crippen LogP contribution in [0.25, 0.3) is 0 Å². The highest BCUT2D eigenvalue weighted by Gasteiger charge is 2.12. The molecule has 0 atom stereocenters. The molecule has 0 spiro atoms. The van der Waals surface area contributed by atoms with E-state index >= 15 is 0 Å². The monoisotopic (exact) mass is 458 g/mol. The van der Waals surface area contributed by atoms with Crippen molar-refractivity contribution in [1.29, 1.82) is 0 Å². The zero-order chi connectivity index (χ0) is 22.2. The van der Waals surface area contributed by atoms with Gasteiger partial charge < -0.3 is 14.6 Å². The second-order valence-corrected chi connectivity index (χ2v) is 7.22. The number of ether oxygens (including phenoxy) is 2. The van der Waals surface area contributed by atoms with E-state index in [2.05, 4.69) is 10.5 Å². The molecule has 0 aromatic heterocycles. The number of phenols is 1. The topological polar surface area (TPSA) is 80.2 Å². The highest BCUT2D eigenvalue weighted by atomic mass is 35.5. The quantitative estimate of drug-likeness (QED) is 0.347. The lowest BCUT2D eigenvalue weighted by Gasteiger charge is -2.11. The molecule has 0 fully saturated rings. The lowest BCUT2D eigenvalue weighted by atomic mass is 10.2. The zero-order valence-corrected chi connectivity index (χ0v) is 18.2. The molecule has 0 aliphatic rings. The van der Waals surface area contributed by atoms with Gasteiger partial charge in [0.1, 0.15) is 12.4 Å². The Kier molecular flexibility index (Phi) is 7.76. The number of nitrogens with zero attached hydrogens (tertiary/aromatic N) is 1. The first kappa shape index (κ1) is 22.5. The summed E-state index contributed by atoms with van der Waals surface area (Å²) in [6.07, 6.45) is 1.46. The van der Waals surface area contributed by atoms with Crippen molar-refractivity contribution in [3.8, 4) is 17.2 Å². The summed E-state index contributed by atoms with van der Waals surface area (Å²) in [7, 11) is 0. The van der Waals surface area contributed by atoms with Gasteiger partial charge in [0, 0.05) is 15.6 Å². The molecule has 31 heavy (non-hydrogen) atoms. The number of aromatic hydroxyl groups is 1. The van der Waals surface area contributed by atoms with E-state index in [9.17, 15) is 9.90 Å². The smallest absolute Gasteiger partial charge is 0.275 e. The summed E-state index contributed by atoms with van der Waals surface area (Å²) in [5.41, 5.74) is 4.20. The molecule has 0 bridgehead atoms. The summed E-state index contributed by atoms with van der Waals surface area (Å²) >= 11 is 12.1. The predicted octanol–water partition coefficient (Wildman–Crippen LogP) is 5.44. The minimum absolute atomic E-state index is 0.0369. The average Bonchev–Trinajstić information content (AvgIpc) is 2.75. The Balaban J connectivity index is 1.67. The number of hydrogen-bond donors (Lipinski definition) is 2. The Bertz CT molecular complexity index is 1100. The number of hydrogen-bond acceptors (Lipinski definition) is 5. The molecule has 6 nitrogen and oxygen atoms in total. The number of hydrazone groups is 1. The van der Waals surface area contributed by atoms with Crippen molar-refractivity contribution in [1.82, 2.24) is 5.43 Å². The third-order valence-electron chi connectivity index (χ3n) is 4.19. The van der Waals surface area contributed by atoms with Crippen molar-refractivity contribution in [2.75, 3.05) is 6.61 Å². The molecule has 3 aromatic rings. The van der Waals surface area contributed by atoms with Gasteiger partial charge in [0.2, 0.25) is 0 Å². The number of carbonyl (C=O) groups excluding carboxylic acids is 1. The third kappa shape index (κ3) is 6.13. The molecule has 0 saturated heterocycles. The second kappa shape index (κ2) is 10.7. The fraction of sp³-hybridized carbons (Fsp3) is 0.130. The van der Waals surface area contributed by atoms with Gasteiger partial charge in [-0.3, -0.25) is 4.79 Å². The molecule has 0 radical (unpaired) electrons. The van der Waals surface area contributed by atoms with Gasteiger partial charge in [0.05, 0.1) is 18.4 Å². The van der Waals surface area contributed by atoms with Gasteiger partial charge in [-0.05, 0) is 55.0 Å². The standard InChI is InChI=1S/C23H20Cl2N2O4/c1-2-30-22-11-15(7-10-20(22)28)13-26-27-23(29)18-5-3-4-6-21(18)31-14-16-8-9-17(24)12-19(16)25/h3-13,28H,2,14H2,1H3,(H,27,29)/b26-13+. The first-order chi connectivity index (χ1) is 15.0. The fourth-order valence-corrected chi connectivity index (χ4v) is 3.15. The van der Waals surface area contributed by atoms with Crippen molar-refractivity contribution in [2.24, 2.45) is 5.10 Å². The summed E-state index contributed by atoms with van der Waals surface area (Å²) in [6, 6.07) is 16.7. The molecule has 3 aromatic carbocycles. The largest absolute Gasteiger partial charge is 0.504 e. The van der Waals surface area contributed by atoms with Crippen LogP contribution in [0.4, 0.5) is 0 Å². The Morgan fingerprint density at radius 2 is 1.87 bits per heavy atom. The maximum Gasteiger partial charge on any atom is 0.275 e. The van der Waals surface area contributed by atoms with Gasteiger partial charge in [-0.15, -0.1) is 0 Å². The van der Waals surface area contributed by atoms with Crippen molar-refractivity contribution in [3.05, 3.63) is 87.4 Å². The van der Waals surface area contributed by atoms with Gasteiger partial charge in [-0.25, -0.2) is 5.43 Å². The number of benzene rings is 3. The van der Waals surface area contributed by atoms with Crippen LogP contribution in [-0.4, -0.2) is 23.8 Å². The molecule has 0 aliphatic carbocycles. The summed E-state index contributed by atoms with van der Waals surface area (Å²) in [4.78, 5) is 12.6. The van der Waals surface area contributed by atoms with Crippen molar-refractivity contribution in [3.63, 3.8) is 0 Å². The number of para-hydroxylation sites is 1. The Labute approximate surface area is 190 Å². The van der Waals surface area contributed by atoms with Gasteiger partial charge in [-0.2, -0.15) is 5.10 Å². The number of nitrogens with one attached hydrogen (secondary N) is 1. The molecule has 2 N–H and O–H groups in total. The molecule has 0 aliphatic heterocycles. The predicted molar refractivity (Wildman–Crippen MR) is 122 cm³/mol. The third-order valence-corrected chi connectivity index (χ3v) is 4.78. The van der Waals surface area contributed by atoms with Crippen LogP contribution in [0.2, 0.25) is 10.0 Å². The number of amides is 1. The van der Waals surface area contributed by atoms with Gasteiger partial charge >= 0.3 is 0 Å². The number of rotatable bonds is 8. The van der Waals surface area contributed by atoms with Gasteiger partial charge in [-0.1, -0.05) is 41.4 Å². The van der Waals surface area contributed by atoms with Gasteiger partial charge in [0.25, 0.3) is 5.91 Å². The van der Waals surface area contributed by atoms with Crippen molar-refractivity contribution >= 4 is 35.3 Å². The van der Waals surface area contributed by atoms with E-state index in [0.29, 0.717) is 39.3 Å². The van der Waals surface area contributed by atoms with Crippen LogP contribution < -0.4 is 14.9 Å². The SMILES string of the molecule is CCOc1cc(/C=N/NC(=O)c2ccccc2OCc2ccc(Cl)cc2Cl)ccc1O. The average molecular weight is 459 g/mol. The van der Waals surface area contributed by atoms with Crippen LogP contribution in [0, 0.1) is 0 Å². The van der Waals surface area contributed by atoms with E-state index in [4.69, 9.17) is 32.7 Å². The lowest BCUT2D eigenvalue weighted by molar-refractivity contribution is 0.0950. The first-order valence-electron chi connectivity index (χ1n) is 9.43. The maximum atomic E-state index is 12.6. The van der Waals surface area contributed by atoms with E-state index in [1.165, 1.54) is 12.3 Å².